The second-order valence-electron chi connectivity index (χ2n) is 6.23. The molecule has 6 nitrogen and oxygen atoms in total. The Morgan fingerprint density at radius 1 is 0.933 bits per heavy atom. The minimum Gasteiger partial charge on any atom is -0.402 e. The number of nitrogens with zero attached hydrogens (tertiary/aromatic N) is 1. The lowest BCUT2D eigenvalue weighted by Crippen LogP contribution is -2.10. The van der Waals surface area contributed by atoms with E-state index in [1.807, 2.05) is 0 Å². The zero-order valence-corrected chi connectivity index (χ0v) is 16.9. The summed E-state index contributed by atoms with van der Waals surface area (Å²) >= 11 is 5.98. The Morgan fingerprint density at radius 3 is 2.43 bits per heavy atom. The quantitative estimate of drug-likeness (QED) is 0.333. The summed E-state index contributed by atoms with van der Waals surface area (Å²) in [4.78, 5) is 16.5. The average Bonchev–Trinajstić information content (AvgIpc) is 3.10. The summed E-state index contributed by atoms with van der Waals surface area (Å²) in [5.74, 6) is -0.484. The van der Waals surface area contributed by atoms with E-state index < -0.39 is 16.1 Å². The van der Waals surface area contributed by atoms with E-state index >= 15 is 0 Å². The van der Waals surface area contributed by atoms with Gasteiger partial charge in [-0.25, -0.2) is 9.79 Å². The van der Waals surface area contributed by atoms with E-state index in [1.165, 1.54) is 24.3 Å². The molecule has 150 valence electrons. The number of carbonyl (C=O) groups is 1. The van der Waals surface area contributed by atoms with Gasteiger partial charge in [0.1, 0.15) is 10.6 Å². The molecule has 8 heteroatoms. The van der Waals surface area contributed by atoms with E-state index in [2.05, 4.69) is 4.99 Å². The Kier molecular flexibility index (Phi) is 5.39. The fraction of sp³-hybridized carbons (Fsp3) is 0. The van der Waals surface area contributed by atoms with Crippen LogP contribution in [-0.4, -0.2) is 20.3 Å². The van der Waals surface area contributed by atoms with Gasteiger partial charge in [0.05, 0.1) is 0 Å². The van der Waals surface area contributed by atoms with E-state index in [0.717, 1.165) is 0 Å². The van der Waals surface area contributed by atoms with Gasteiger partial charge in [0.2, 0.25) is 5.90 Å². The van der Waals surface area contributed by atoms with E-state index in [-0.39, 0.29) is 22.2 Å². The summed E-state index contributed by atoms with van der Waals surface area (Å²) in [6, 6.07) is 21.0. The predicted molar refractivity (Wildman–Crippen MR) is 113 cm³/mol. The number of para-hydroxylation sites is 1. The zero-order valence-electron chi connectivity index (χ0n) is 15.4. The Balaban J connectivity index is 1.67. The molecule has 0 fully saturated rings. The molecule has 0 unspecified atom stereocenters. The van der Waals surface area contributed by atoms with Crippen molar-refractivity contribution in [3.63, 3.8) is 0 Å². The number of benzene rings is 3. The molecule has 0 aromatic heterocycles. The Labute approximate surface area is 178 Å². The van der Waals surface area contributed by atoms with E-state index in [0.29, 0.717) is 16.1 Å². The minimum atomic E-state index is -4.04. The molecular formula is C22H14ClNO5S. The summed E-state index contributed by atoms with van der Waals surface area (Å²) in [7, 11) is -4.04. The highest BCUT2D eigenvalue weighted by molar-refractivity contribution is 7.87. The average molecular weight is 440 g/mol. The van der Waals surface area contributed by atoms with Gasteiger partial charge in [-0.05, 0) is 42.5 Å². The number of hydrogen-bond donors (Lipinski definition) is 0. The predicted octanol–water partition coefficient (Wildman–Crippen LogP) is 4.45. The lowest BCUT2D eigenvalue weighted by Gasteiger charge is -2.09. The van der Waals surface area contributed by atoms with Crippen LogP contribution in [0.3, 0.4) is 0 Å². The highest BCUT2D eigenvalue weighted by atomic mass is 35.5. The molecule has 4 rings (SSSR count). The van der Waals surface area contributed by atoms with Crippen LogP contribution >= 0.6 is 11.6 Å². The number of rotatable bonds is 5. The third-order valence-corrected chi connectivity index (χ3v) is 5.62. The lowest BCUT2D eigenvalue weighted by atomic mass is 10.1. The normalized spacial score (nSPS) is 15.0. The number of carbonyl (C=O) groups excluding carboxylic acids is 1. The summed E-state index contributed by atoms with van der Waals surface area (Å²) in [6.07, 6.45) is 1.41. The van der Waals surface area contributed by atoms with Crippen molar-refractivity contribution < 1.29 is 22.1 Å². The Hall–Kier alpha value is -3.42. The van der Waals surface area contributed by atoms with Gasteiger partial charge in [0.25, 0.3) is 0 Å². The lowest BCUT2D eigenvalue weighted by molar-refractivity contribution is -0.129. The van der Waals surface area contributed by atoms with Crippen LogP contribution < -0.4 is 4.18 Å². The van der Waals surface area contributed by atoms with Crippen LogP contribution in [0.1, 0.15) is 11.1 Å². The molecule has 0 aliphatic carbocycles. The van der Waals surface area contributed by atoms with Gasteiger partial charge in [-0.2, -0.15) is 8.42 Å². The van der Waals surface area contributed by atoms with Crippen molar-refractivity contribution in [2.24, 2.45) is 4.99 Å². The maximum Gasteiger partial charge on any atom is 0.363 e. The van der Waals surface area contributed by atoms with Crippen LogP contribution in [0.4, 0.5) is 0 Å². The van der Waals surface area contributed by atoms with Crippen molar-refractivity contribution in [2.45, 2.75) is 4.90 Å². The molecule has 3 aromatic rings. The third kappa shape index (κ3) is 4.27. The molecule has 1 aliphatic heterocycles. The number of hydrogen-bond acceptors (Lipinski definition) is 6. The molecule has 0 saturated carbocycles. The number of ether oxygens (including phenoxy) is 1. The molecule has 0 atom stereocenters. The topological polar surface area (TPSA) is 82.0 Å². The van der Waals surface area contributed by atoms with Crippen LogP contribution in [0, 0.1) is 0 Å². The van der Waals surface area contributed by atoms with E-state index in [1.54, 1.807) is 60.7 Å². The van der Waals surface area contributed by atoms with Gasteiger partial charge in [-0.1, -0.05) is 54.1 Å². The monoisotopic (exact) mass is 439 g/mol. The fourth-order valence-corrected chi connectivity index (χ4v) is 3.90. The number of halogens is 1. The fourth-order valence-electron chi connectivity index (χ4n) is 2.73. The van der Waals surface area contributed by atoms with Crippen molar-refractivity contribution in [1.82, 2.24) is 0 Å². The first-order valence-corrected chi connectivity index (χ1v) is 10.6. The second-order valence-corrected chi connectivity index (χ2v) is 8.22. The van der Waals surface area contributed by atoms with Crippen molar-refractivity contribution in [2.75, 3.05) is 0 Å². The highest BCUT2D eigenvalue weighted by Gasteiger charge is 2.25. The number of cyclic esters (lactones) is 1. The first-order chi connectivity index (χ1) is 14.4. The van der Waals surface area contributed by atoms with E-state index in [4.69, 9.17) is 20.5 Å². The first-order valence-electron chi connectivity index (χ1n) is 8.79. The smallest absolute Gasteiger partial charge is 0.363 e. The van der Waals surface area contributed by atoms with Gasteiger partial charge < -0.3 is 8.92 Å². The molecule has 0 spiro atoms. The van der Waals surface area contributed by atoms with Gasteiger partial charge in [-0.3, -0.25) is 0 Å². The molecule has 0 bridgehead atoms. The molecule has 0 amide bonds. The summed E-state index contributed by atoms with van der Waals surface area (Å²) in [5, 5.41) is 0.480. The summed E-state index contributed by atoms with van der Waals surface area (Å²) in [6.45, 7) is 0. The molecule has 0 saturated heterocycles. The number of esters is 1. The molecule has 1 heterocycles. The zero-order chi connectivity index (χ0) is 21.1. The highest BCUT2D eigenvalue weighted by Crippen LogP contribution is 2.27. The van der Waals surface area contributed by atoms with Crippen LogP contribution in [0.2, 0.25) is 5.02 Å². The summed E-state index contributed by atoms with van der Waals surface area (Å²) in [5.41, 5.74) is 0.925. The van der Waals surface area contributed by atoms with Gasteiger partial charge in [0, 0.05) is 16.1 Å². The van der Waals surface area contributed by atoms with Crippen molar-refractivity contribution >= 4 is 39.7 Å². The standard InChI is InChI=1S/C22H14ClNO5S/c23-17-9-6-8-16(13-17)21-24-19(22(25)28-21)14-15-7-4-5-12-20(15)29-30(26,27)18-10-2-1-3-11-18/h1-14H/b19-14+. The molecule has 30 heavy (non-hydrogen) atoms. The molecule has 0 N–H and O–H groups in total. The SMILES string of the molecule is O=C1OC(c2cccc(Cl)c2)=N/C1=C/c1ccccc1OS(=O)(=O)c1ccccc1. The number of aliphatic imine (C=N–C) groups is 1. The molecule has 3 aromatic carbocycles. The van der Waals surface area contributed by atoms with Crippen molar-refractivity contribution in [3.8, 4) is 5.75 Å². The van der Waals surface area contributed by atoms with Crippen LogP contribution in [0.15, 0.2) is 94.4 Å². The largest absolute Gasteiger partial charge is 0.402 e. The van der Waals surface area contributed by atoms with Gasteiger partial charge >= 0.3 is 16.1 Å². The Bertz CT molecular complexity index is 1280. The molecular weight excluding hydrogens is 426 g/mol. The van der Waals surface area contributed by atoms with Crippen LogP contribution in [0.5, 0.6) is 5.75 Å². The molecule has 1 aliphatic rings. The van der Waals surface area contributed by atoms with Crippen LogP contribution in [-0.2, 0) is 19.6 Å². The van der Waals surface area contributed by atoms with Crippen molar-refractivity contribution in [1.29, 1.82) is 0 Å². The molecule has 0 radical (unpaired) electrons. The van der Waals surface area contributed by atoms with E-state index in [9.17, 15) is 13.2 Å². The van der Waals surface area contributed by atoms with Crippen molar-refractivity contribution in [3.05, 3.63) is 101 Å². The second kappa shape index (κ2) is 8.14. The summed E-state index contributed by atoms with van der Waals surface area (Å²) < 4.78 is 35.6. The maximum atomic E-state index is 12.5. The minimum absolute atomic E-state index is 0.0122. The van der Waals surface area contributed by atoms with Gasteiger partial charge in [-0.15, -0.1) is 0 Å². The maximum absolute atomic E-state index is 12.5. The van der Waals surface area contributed by atoms with Crippen LogP contribution in [0.25, 0.3) is 6.08 Å². The Morgan fingerprint density at radius 2 is 1.67 bits per heavy atom. The first kappa shape index (κ1) is 19.9. The van der Waals surface area contributed by atoms with Gasteiger partial charge in [0.15, 0.2) is 5.70 Å². The third-order valence-electron chi connectivity index (χ3n) is 4.13.